The summed E-state index contributed by atoms with van der Waals surface area (Å²) in [5.74, 6) is 0.805. The van der Waals surface area contributed by atoms with Gasteiger partial charge in [-0.3, -0.25) is 4.98 Å². The van der Waals surface area contributed by atoms with Crippen molar-refractivity contribution in [3.8, 4) is 5.75 Å². The number of nitrogens with two attached hydrogens (primary N) is 1. The summed E-state index contributed by atoms with van der Waals surface area (Å²) in [5, 5.41) is 0. The van der Waals surface area contributed by atoms with Gasteiger partial charge in [-0.05, 0) is 46.6 Å². The first-order chi connectivity index (χ1) is 9.84. The van der Waals surface area contributed by atoms with Gasteiger partial charge < -0.3 is 19.8 Å². The van der Waals surface area contributed by atoms with Crippen LogP contribution in [0.5, 0.6) is 5.75 Å². The van der Waals surface area contributed by atoms with Crippen LogP contribution in [0.4, 0.5) is 0 Å². The Bertz CT molecular complexity index is 528. The van der Waals surface area contributed by atoms with Crippen LogP contribution in [0.2, 0.25) is 0 Å². The highest BCUT2D eigenvalue weighted by molar-refractivity contribution is 6.61. The van der Waals surface area contributed by atoms with Crippen molar-refractivity contribution in [3.05, 3.63) is 17.8 Å². The molecule has 0 bridgehead atoms. The van der Waals surface area contributed by atoms with Crippen LogP contribution in [0.15, 0.2) is 12.3 Å². The highest BCUT2D eigenvalue weighted by atomic mass is 16.7. The number of nitrogens with zero attached hydrogens (tertiary/aromatic N) is 1. The molecule has 2 N–H and O–H groups in total. The van der Waals surface area contributed by atoms with Crippen molar-refractivity contribution >= 4 is 12.7 Å². The van der Waals surface area contributed by atoms with E-state index in [-0.39, 0.29) is 0 Å². The molecule has 2 fully saturated rings. The van der Waals surface area contributed by atoms with Gasteiger partial charge in [-0.2, -0.15) is 0 Å². The minimum atomic E-state index is -0.503. The van der Waals surface area contributed by atoms with E-state index in [0.717, 1.165) is 29.7 Å². The standard InChI is InChI=1S/C15H23BN2O3/c1-14(2)15(3,4)21-16(20-14)13-11(9-17)12(7-8-18-13)19-10-5-6-10/h7-8,10H,5-6,9,17H2,1-4H3. The van der Waals surface area contributed by atoms with Crippen LogP contribution in [-0.2, 0) is 15.9 Å². The molecule has 1 aromatic heterocycles. The zero-order valence-corrected chi connectivity index (χ0v) is 13.2. The lowest BCUT2D eigenvalue weighted by atomic mass is 9.80. The van der Waals surface area contributed by atoms with Crippen molar-refractivity contribution in [2.24, 2.45) is 5.73 Å². The normalized spacial score (nSPS) is 23.4. The van der Waals surface area contributed by atoms with E-state index in [0.29, 0.717) is 12.6 Å². The van der Waals surface area contributed by atoms with Crippen LogP contribution >= 0.6 is 0 Å². The number of rotatable bonds is 4. The third-order valence-corrected chi connectivity index (χ3v) is 4.54. The maximum absolute atomic E-state index is 6.07. The molecule has 1 aliphatic heterocycles. The maximum Gasteiger partial charge on any atom is 0.515 e. The molecule has 0 unspecified atom stereocenters. The molecule has 1 aromatic rings. The van der Waals surface area contributed by atoms with Gasteiger partial charge in [0.2, 0.25) is 0 Å². The van der Waals surface area contributed by atoms with Crippen molar-refractivity contribution in [1.82, 2.24) is 4.98 Å². The Morgan fingerprint density at radius 1 is 1.29 bits per heavy atom. The predicted octanol–water partition coefficient (Wildman–Crippen LogP) is 1.38. The summed E-state index contributed by atoms with van der Waals surface area (Å²) in [4.78, 5) is 4.44. The zero-order chi connectivity index (χ0) is 15.3. The number of hydrogen-bond acceptors (Lipinski definition) is 5. The van der Waals surface area contributed by atoms with Gasteiger partial charge in [0, 0.05) is 18.3 Å². The molecule has 2 aliphatic rings. The third kappa shape index (κ3) is 2.68. The van der Waals surface area contributed by atoms with Crippen molar-refractivity contribution < 1.29 is 14.0 Å². The molecule has 6 heteroatoms. The highest BCUT2D eigenvalue weighted by Gasteiger charge is 2.53. The number of hydrogen-bond donors (Lipinski definition) is 1. The Hall–Kier alpha value is -1.11. The van der Waals surface area contributed by atoms with E-state index in [2.05, 4.69) is 4.98 Å². The number of aromatic nitrogens is 1. The van der Waals surface area contributed by atoms with Gasteiger partial charge in [0.1, 0.15) is 5.75 Å². The van der Waals surface area contributed by atoms with E-state index in [1.807, 2.05) is 33.8 Å². The first-order valence-electron chi connectivity index (χ1n) is 7.54. The quantitative estimate of drug-likeness (QED) is 0.849. The summed E-state index contributed by atoms with van der Waals surface area (Å²) in [6, 6.07) is 1.87. The van der Waals surface area contributed by atoms with E-state index in [1.54, 1.807) is 6.20 Å². The molecule has 3 rings (SSSR count). The van der Waals surface area contributed by atoms with Gasteiger partial charge in [0.05, 0.1) is 22.9 Å². The average molecular weight is 290 g/mol. The van der Waals surface area contributed by atoms with Crippen LogP contribution in [0.1, 0.15) is 46.1 Å². The lowest BCUT2D eigenvalue weighted by molar-refractivity contribution is 0.00578. The molecule has 1 saturated carbocycles. The molecule has 0 aromatic carbocycles. The van der Waals surface area contributed by atoms with Crippen molar-refractivity contribution in [1.29, 1.82) is 0 Å². The van der Waals surface area contributed by atoms with Crippen molar-refractivity contribution in [3.63, 3.8) is 0 Å². The van der Waals surface area contributed by atoms with Gasteiger partial charge in [-0.1, -0.05) is 0 Å². The van der Waals surface area contributed by atoms with Gasteiger partial charge >= 0.3 is 7.12 Å². The Kier molecular flexibility index (Phi) is 3.51. The molecular weight excluding hydrogens is 267 g/mol. The Labute approximate surface area is 126 Å². The summed E-state index contributed by atoms with van der Waals surface area (Å²) in [6.07, 6.45) is 4.27. The molecule has 2 heterocycles. The van der Waals surface area contributed by atoms with Gasteiger partial charge in [-0.25, -0.2) is 0 Å². The fourth-order valence-corrected chi connectivity index (χ4v) is 2.33. The van der Waals surface area contributed by atoms with Crippen LogP contribution in [0.3, 0.4) is 0 Å². The second-order valence-electron chi connectivity index (χ2n) is 6.78. The maximum atomic E-state index is 6.07. The lowest BCUT2D eigenvalue weighted by Gasteiger charge is -2.32. The van der Waals surface area contributed by atoms with E-state index in [9.17, 15) is 0 Å². The van der Waals surface area contributed by atoms with E-state index < -0.39 is 18.3 Å². The fourth-order valence-electron chi connectivity index (χ4n) is 2.33. The van der Waals surface area contributed by atoms with E-state index in [4.69, 9.17) is 19.8 Å². The van der Waals surface area contributed by atoms with Gasteiger partial charge in [-0.15, -0.1) is 0 Å². The van der Waals surface area contributed by atoms with Gasteiger partial charge in [0.15, 0.2) is 0 Å². The molecule has 0 spiro atoms. The minimum absolute atomic E-state index is 0.323. The molecule has 21 heavy (non-hydrogen) atoms. The molecule has 0 atom stereocenters. The zero-order valence-electron chi connectivity index (χ0n) is 13.2. The lowest BCUT2D eigenvalue weighted by Crippen LogP contribution is -2.41. The van der Waals surface area contributed by atoms with E-state index in [1.165, 1.54) is 0 Å². The predicted molar refractivity (Wildman–Crippen MR) is 81.5 cm³/mol. The summed E-state index contributed by atoms with van der Waals surface area (Å²) in [6.45, 7) is 8.47. The minimum Gasteiger partial charge on any atom is -0.490 e. The van der Waals surface area contributed by atoms with Crippen LogP contribution in [-0.4, -0.2) is 29.4 Å². The first-order valence-corrected chi connectivity index (χ1v) is 7.54. The summed E-state index contributed by atoms with van der Waals surface area (Å²) < 4.78 is 18.1. The smallest absolute Gasteiger partial charge is 0.490 e. The summed E-state index contributed by atoms with van der Waals surface area (Å²) >= 11 is 0. The molecule has 114 valence electrons. The van der Waals surface area contributed by atoms with Gasteiger partial charge in [0.25, 0.3) is 0 Å². The fraction of sp³-hybridized carbons (Fsp3) is 0.667. The first kappa shape index (κ1) is 14.8. The SMILES string of the molecule is CC1(C)OB(c2nccc(OC3CC3)c2CN)OC1(C)C. The van der Waals surface area contributed by atoms with E-state index >= 15 is 0 Å². The third-order valence-electron chi connectivity index (χ3n) is 4.54. The average Bonchev–Trinajstić information content (AvgIpc) is 3.17. The van der Waals surface area contributed by atoms with Crippen LogP contribution in [0.25, 0.3) is 0 Å². The van der Waals surface area contributed by atoms with Crippen molar-refractivity contribution in [2.45, 2.75) is 64.4 Å². The highest BCUT2D eigenvalue weighted by Crippen LogP contribution is 2.37. The number of pyridine rings is 1. The largest absolute Gasteiger partial charge is 0.515 e. The molecule has 1 aliphatic carbocycles. The monoisotopic (exact) mass is 290 g/mol. The summed E-state index contributed by atoms with van der Waals surface area (Å²) in [7, 11) is -0.503. The second-order valence-corrected chi connectivity index (χ2v) is 6.78. The van der Waals surface area contributed by atoms with Crippen molar-refractivity contribution in [2.75, 3.05) is 0 Å². The van der Waals surface area contributed by atoms with Crippen LogP contribution in [0, 0.1) is 0 Å². The Morgan fingerprint density at radius 3 is 2.43 bits per heavy atom. The summed E-state index contributed by atoms with van der Waals surface area (Å²) in [5.41, 5.74) is 6.75. The molecule has 5 nitrogen and oxygen atoms in total. The topological polar surface area (TPSA) is 66.6 Å². The molecule has 0 radical (unpaired) electrons. The Morgan fingerprint density at radius 2 is 1.90 bits per heavy atom. The second kappa shape index (κ2) is 4.97. The van der Waals surface area contributed by atoms with Crippen LogP contribution < -0.4 is 16.1 Å². The Balaban J connectivity index is 1.91. The molecular formula is C15H23BN2O3. The molecule has 0 amide bonds. The molecule has 1 saturated heterocycles. The number of ether oxygens (including phenoxy) is 1.